The third-order valence-corrected chi connectivity index (χ3v) is 8.61. The van der Waals surface area contributed by atoms with Gasteiger partial charge in [-0.25, -0.2) is 0 Å². The Labute approximate surface area is 134 Å². The molecular weight excluding hydrogens is 276 g/mol. The lowest BCUT2D eigenvalue weighted by molar-refractivity contribution is -0.135. The topological polar surface area (TPSA) is 60.7 Å². The van der Waals surface area contributed by atoms with Crippen LogP contribution in [0.2, 0.25) is 0 Å². The van der Waals surface area contributed by atoms with Gasteiger partial charge in [0.25, 0.3) is 0 Å². The Bertz CT molecular complexity index is 452. The maximum atomic E-state index is 10.5. The van der Waals surface area contributed by atoms with Crippen LogP contribution >= 0.6 is 0 Å². The van der Waals surface area contributed by atoms with E-state index < -0.39 is 12.2 Å². The van der Waals surface area contributed by atoms with E-state index in [0.717, 1.165) is 38.0 Å². The van der Waals surface area contributed by atoms with Crippen molar-refractivity contribution < 1.29 is 15.3 Å². The van der Waals surface area contributed by atoms with E-state index in [1.807, 2.05) is 0 Å². The fourth-order valence-corrected chi connectivity index (χ4v) is 7.22. The van der Waals surface area contributed by atoms with Crippen LogP contribution in [0.1, 0.15) is 65.2 Å². The SMILES string of the molecule is C[C@]12CC[C@@H](O)C[C@H]1CC[C@@H]1[C@@H]2CC[C@]2(C)[C@@H](O)[C@H](O)C[C@@H]12. The minimum Gasteiger partial charge on any atom is -0.393 e. The number of hydrogen-bond acceptors (Lipinski definition) is 3. The van der Waals surface area contributed by atoms with Crippen LogP contribution in [0.3, 0.4) is 0 Å². The highest BCUT2D eigenvalue weighted by Gasteiger charge is 2.61. The first kappa shape index (κ1) is 15.4. The van der Waals surface area contributed by atoms with Crippen molar-refractivity contribution in [3.63, 3.8) is 0 Å². The van der Waals surface area contributed by atoms with Crippen molar-refractivity contribution in [2.45, 2.75) is 83.5 Å². The Kier molecular flexibility index (Phi) is 3.46. The lowest BCUT2D eigenvalue weighted by Gasteiger charge is -2.60. The predicted octanol–water partition coefficient (Wildman–Crippen LogP) is 2.72. The number of aliphatic hydroxyl groups is 3. The van der Waals surface area contributed by atoms with Crippen molar-refractivity contribution in [1.29, 1.82) is 0 Å². The Morgan fingerprint density at radius 3 is 2.27 bits per heavy atom. The van der Waals surface area contributed by atoms with E-state index in [2.05, 4.69) is 13.8 Å². The molecule has 0 aromatic rings. The van der Waals surface area contributed by atoms with Crippen LogP contribution in [-0.4, -0.2) is 33.6 Å². The van der Waals surface area contributed by atoms with Crippen molar-refractivity contribution >= 4 is 0 Å². The van der Waals surface area contributed by atoms with Crippen molar-refractivity contribution in [3.05, 3.63) is 0 Å². The molecule has 4 saturated carbocycles. The lowest BCUT2D eigenvalue weighted by Crippen LogP contribution is -2.54. The normalized spacial score (nSPS) is 61.2. The number of fused-ring (bicyclic) bond motifs is 5. The summed E-state index contributed by atoms with van der Waals surface area (Å²) in [4.78, 5) is 0. The van der Waals surface area contributed by atoms with Crippen LogP contribution < -0.4 is 0 Å². The highest BCUT2D eigenvalue weighted by Crippen LogP contribution is 2.66. The van der Waals surface area contributed by atoms with Crippen molar-refractivity contribution in [2.24, 2.45) is 34.5 Å². The van der Waals surface area contributed by atoms with Crippen LogP contribution in [0.15, 0.2) is 0 Å². The number of hydrogen-bond donors (Lipinski definition) is 3. The predicted molar refractivity (Wildman–Crippen MR) is 85.1 cm³/mol. The molecular formula is C19H32O3. The van der Waals surface area contributed by atoms with E-state index in [1.54, 1.807) is 0 Å². The molecule has 126 valence electrons. The summed E-state index contributed by atoms with van der Waals surface area (Å²) in [7, 11) is 0. The van der Waals surface area contributed by atoms with E-state index in [1.165, 1.54) is 19.3 Å². The lowest BCUT2D eigenvalue weighted by atomic mass is 9.45. The molecule has 0 spiro atoms. The molecule has 0 heterocycles. The smallest absolute Gasteiger partial charge is 0.0855 e. The molecule has 3 nitrogen and oxygen atoms in total. The summed E-state index contributed by atoms with van der Waals surface area (Å²) in [5.41, 5.74) is 0.305. The summed E-state index contributed by atoms with van der Waals surface area (Å²) in [6.07, 6.45) is 7.49. The number of rotatable bonds is 0. The van der Waals surface area contributed by atoms with Gasteiger partial charge in [0, 0.05) is 0 Å². The molecule has 0 bridgehead atoms. The quantitative estimate of drug-likeness (QED) is 0.645. The third kappa shape index (κ3) is 1.91. The zero-order valence-corrected chi connectivity index (χ0v) is 14.0. The molecule has 4 rings (SSSR count). The summed E-state index contributed by atoms with van der Waals surface area (Å²) in [5, 5.41) is 30.8. The van der Waals surface area contributed by atoms with Gasteiger partial charge in [-0.05, 0) is 85.9 Å². The number of aliphatic hydroxyl groups excluding tert-OH is 3. The summed E-state index contributed by atoms with van der Waals surface area (Å²) in [6, 6.07) is 0. The van der Waals surface area contributed by atoms with E-state index >= 15 is 0 Å². The molecule has 4 aliphatic carbocycles. The van der Waals surface area contributed by atoms with Gasteiger partial charge in [-0.2, -0.15) is 0 Å². The highest BCUT2D eigenvalue weighted by atomic mass is 16.3. The van der Waals surface area contributed by atoms with Gasteiger partial charge in [0.2, 0.25) is 0 Å². The van der Waals surface area contributed by atoms with Gasteiger partial charge < -0.3 is 15.3 Å². The van der Waals surface area contributed by atoms with Crippen LogP contribution in [-0.2, 0) is 0 Å². The minimum atomic E-state index is -0.530. The molecule has 0 aromatic heterocycles. The van der Waals surface area contributed by atoms with E-state index in [0.29, 0.717) is 23.2 Å². The molecule has 0 unspecified atom stereocenters. The average molecular weight is 308 g/mol. The van der Waals surface area contributed by atoms with Gasteiger partial charge in [-0.1, -0.05) is 13.8 Å². The van der Waals surface area contributed by atoms with Crippen molar-refractivity contribution in [2.75, 3.05) is 0 Å². The summed E-state index contributed by atoms with van der Waals surface area (Å²) < 4.78 is 0. The first-order chi connectivity index (χ1) is 10.4. The molecule has 0 amide bonds. The van der Waals surface area contributed by atoms with Gasteiger partial charge in [-0.15, -0.1) is 0 Å². The van der Waals surface area contributed by atoms with E-state index in [-0.39, 0.29) is 11.5 Å². The molecule has 22 heavy (non-hydrogen) atoms. The summed E-state index contributed by atoms with van der Waals surface area (Å²) in [5.74, 6) is 2.57. The fourth-order valence-electron chi connectivity index (χ4n) is 7.22. The molecule has 0 aromatic carbocycles. The molecule has 4 aliphatic rings. The Balaban J connectivity index is 1.63. The van der Waals surface area contributed by atoms with Crippen LogP contribution in [0.25, 0.3) is 0 Å². The first-order valence-electron chi connectivity index (χ1n) is 9.40. The zero-order valence-electron chi connectivity index (χ0n) is 14.0. The van der Waals surface area contributed by atoms with Crippen LogP contribution in [0, 0.1) is 34.5 Å². The van der Waals surface area contributed by atoms with Gasteiger partial charge in [0.1, 0.15) is 0 Å². The summed E-state index contributed by atoms with van der Waals surface area (Å²) in [6.45, 7) is 4.69. The minimum absolute atomic E-state index is 0.0715. The average Bonchev–Trinajstić information content (AvgIpc) is 2.72. The standard InChI is InChI=1S/C19H32O3/c1-18-7-5-12(20)9-11(18)3-4-13-14(18)6-8-19(2)15(13)10-16(21)17(19)22/h11-17,20-22H,3-10H2,1-2H3/t11-,12-,13-,14+,15+,16-,17+,18+,19+/m1/s1. The van der Waals surface area contributed by atoms with E-state index in [4.69, 9.17) is 0 Å². The van der Waals surface area contributed by atoms with Crippen molar-refractivity contribution in [3.8, 4) is 0 Å². The second-order valence-corrected chi connectivity index (χ2v) is 9.38. The van der Waals surface area contributed by atoms with Crippen LogP contribution in [0.4, 0.5) is 0 Å². The zero-order chi connectivity index (χ0) is 15.7. The van der Waals surface area contributed by atoms with Gasteiger partial charge >= 0.3 is 0 Å². The highest BCUT2D eigenvalue weighted by molar-refractivity contribution is 5.11. The molecule has 0 radical (unpaired) electrons. The Morgan fingerprint density at radius 1 is 0.773 bits per heavy atom. The first-order valence-corrected chi connectivity index (χ1v) is 9.40. The van der Waals surface area contributed by atoms with Gasteiger partial charge in [-0.3, -0.25) is 0 Å². The van der Waals surface area contributed by atoms with Crippen LogP contribution in [0.5, 0.6) is 0 Å². The second kappa shape index (κ2) is 4.94. The monoisotopic (exact) mass is 308 g/mol. The largest absolute Gasteiger partial charge is 0.393 e. The van der Waals surface area contributed by atoms with E-state index in [9.17, 15) is 15.3 Å². The summed E-state index contributed by atoms with van der Waals surface area (Å²) >= 11 is 0. The molecule has 4 fully saturated rings. The Hall–Kier alpha value is -0.120. The molecule has 3 N–H and O–H groups in total. The van der Waals surface area contributed by atoms with Gasteiger partial charge in [0.05, 0.1) is 18.3 Å². The second-order valence-electron chi connectivity index (χ2n) is 9.38. The Morgan fingerprint density at radius 2 is 1.50 bits per heavy atom. The maximum absolute atomic E-state index is 10.5. The molecule has 0 saturated heterocycles. The molecule has 3 heteroatoms. The molecule has 0 aliphatic heterocycles. The maximum Gasteiger partial charge on any atom is 0.0855 e. The third-order valence-electron chi connectivity index (χ3n) is 8.61. The fraction of sp³-hybridized carbons (Fsp3) is 1.00. The molecule has 9 atom stereocenters. The van der Waals surface area contributed by atoms with Crippen molar-refractivity contribution in [1.82, 2.24) is 0 Å². The van der Waals surface area contributed by atoms with Gasteiger partial charge in [0.15, 0.2) is 0 Å².